The van der Waals surface area contributed by atoms with Crippen molar-refractivity contribution in [3.63, 3.8) is 0 Å². The zero-order valence-corrected chi connectivity index (χ0v) is 37.3. The van der Waals surface area contributed by atoms with Crippen LogP contribution in [0.1, 0.15) is 181 Å². The van der Waals surface area contributed by atoms with Gasteiger partial charge in [-0.2, -0.15) is 0 Å². The third-order valence-electron chi connectivity index (χ3n) is 11.0. The van der Waals surface area contributed by atoms with Crippen molar-refractivity contribution in [3.05, 3.63) is 36.5 Å². The molecule has 1 fully saturated rings. The maximum atomic E-state index is 13.0. The van der Waals surface area contributed by atoms with Crippen molar-refractivity contribution in [2.24, 2.45) is 0 Å². The van der Waals surface area contributed by atoms with Crippen molar-refractivity contribution in [1.29, 1.82) is 0 Å². The molecule has 0 aliphatic heterocycles. The van der Waals surface area contributed by atoms with Gasteiger partial charge in [0, 0.05) is 0 Å². The molecule has 346 valence electrons. The first kappa shape index (κ1) is 55.5. The second kappa shape index (κ2) is 35.0. The molecule has 0 aromatic rings. The molecule has 0 aromatic carbocycles. The molecule has 8 atom stereocenters. The van der Waals surface area contributed by atoms with E-state index in [1.54, 1.807) is 6.08 Å². The van der Waals surface area contributed by atoms with Gasteiger partial charge in [0.1, 0.15) is 36.6 Å². The number of hydrogen-bond acceptors (Lipinski definition) is 11. The average molecular weight is 862 g/mol. The van der Waals surface area contributed by atoms with E-state index in [1.165, 1.54) is 102 Å². The monoisotopic (exact) mass is 862 g/mol. The van der Waals surface area contributed by atoms with Crippen LogP contribution < -0.4 is 5.32 Å². The molecule has 1 aliphatic rings. The van der Waals surface area contributed by atoms with E-state index in [0.29, 0.717) is 19.3 Å². The first-order valence-corrected chi connectivity index (χ1v) is 24.5. The van der Waals surface area contributed by atoms with E-state index in [4.69, 9.17) is 9.05 Å². The number of carbonyl (C=O) groups excluding carboxylic acids is 1. The lowest BCUT2D eigenvalue weighted by atomic mass is 9.85. The quantitative estimate of drug-likeness (QED) is 0.0170. The summed E-state index contributed by atoms with van der Waals surface area (Å²) in [5, 5.41) is 74.3. The van der Waals surface area contributed by atoms with E-state index in [9.17, 15) is 50.0 Å². The van der Waals surface area contributed by atoms with Gasteiger partial charge in [-0.3, -0.25) is 13.8 Å². The van der Waals surface area contributed by atoms with Gasteiger partial charge in [-0.25, -0.2) is 4.57 Å². The maximum absolute atomic E-state index is 13.0. The summed E-state index contributed by atoms with van der Waals surface area (Å²) < 4.78 is 22.8. The molecule has 59 heavy (non-hydrogen) atoms. The van der Waals surface area contributed by atoms with Crippen LogP contribution in [0.25, 0.3) is 0 Å². The lowest BCUT2D eigenvalue weighted by molar-refractivity contribution is -0.220. The summed E-state index contributed by atoms with van der Waals surface area (Å²) in [6.45, 7) is 3.68. The summed E-state index contributed by atoms with van der Waals surface area (Å²) in [7, 11) is -5.15. The van der Waals surface area contributed by atoms with Crippen molar-refractivity contribution in [1.82, 2.24) is 5.32 Å². The van der Waals surface area contributed by atoms with Gasteiger partial charge in [0.2, 0.25) is 5.91 Å². The number of phosphoric acid groups is 1. The molecule has 1 amide bonds. The number of aliphatic hydroxyl groups excluding tert-OH is 7. The number of carbonyl (C=O) groups is 1. The number of nitrogens with one attached hydrogen (secondary N) is 1. The van der Waals surface area contributed by atoms with Gasteiger partial charge in [0.25, 0.3) is 0 Å². The smallest absolute Gasteiger partial charge is 0.393 e. The van der Waals surface area contributed by atoms with E-state index in [-0.39, 0.29) is 6.42 Å². The zero-order valence-electron chi connectivity index (χ0n) is 36.4. The molecule has 1 rings (SSSR count). The number of rotatable bonds is 37. The van der Waals surface area contributed by atoms with Gasteiger partial charge in [-0.15, -0.1) is 0 Å². The van der Waals surface area contributed by atoms with Gasteiger partial charge < -0.3 is 46.0 Å². The number of unbranched alkanes of at least 4 members (excludes halogenated alkanes) is 20. The SMILES string of the molecule is CCCCC/C=C/CC/C=C/CC/C=C/C(O)C(COP(=O)(O)OC1C(O)C(O)C(O)C(O)C1O)NC(=O)CC(O)CCCCCCCCCCCCCCCCCC. The second-order valence-corrected chi connectivity index (χ2v) is 17.8. The Bertz CT molecular complexity index is 1160. The molecule has 1 aliphatic carbocycles. The normalized spacial score (nSPS) is 23.9. The van der Waals surface area contributed by atoms with Gasteiger partial charge in [-0.1, -0.05) is 166 Å². The Kier molecular flexibility index (Phi) is 33.0. The van der Waals surface area contributed by atoms with Crippen molar-refractivity contribution in [2.75, 3.05) is 6.61 Å². The minimum Gasteiger partial charge on any atom is -0.393 e. The predicted molar refractivity (Wildman–Crippen MR) is 233 cm³/mol. The van der Waals surface area contributed by atoms with Crippen LogP contribution in [0.3, 0.4) is 0 Å². The Balaban J connectivity index is 2.57. The molecule has 14 heteroatoms. The summed E-state index contributed by atoms with van der Waals surface area (Å²) in [6, 6.07) is -1.26. The average Bonchev–Trinajstić information content (AvgIpc) is 3.21. The molecule has 0 spiro atoms. The van der Waals surface area contributed by atoms with Crippen LogP contribution in [0.2, 0.25) is 0 Å². The molecular formula is C45H84NO12P. The van der Waals surface area contributed by atoms with Crippen LogP contribution in [-0.2, 0) is 18.4 Å². The van der Waals surface area contributed by atoms with E-state index in [1.807, 2.05) is 6.08 Å². The molecule has 0 saturated heterocycles. The van der Waals surface area contributed by atoms with Crippen LogP contribution in [0.4, 0.5) is 0 Å². The summed E-state index contributed by atoms with van der Waals surface area (Å²) in [5.41, 5.74) is 0. The minimum atomic E-state index is -5.15. The summed E-state index contributed by atoms with van der Waals surface area (Å²) in [6.07, 6.45) is 25.3. The Morgan fingerprint density at radius 1 is 0.593 bits per heavy atom. The van der Waals surface area contributed by atoms with Gasteiger partial charge in [-0.05, 0) is 44.9 Å². The molecule has 0 bridgehead atoms. The number of hydrogen-bond donors (Lipinski definition) is 9. The van der Waals surface area contributed by atoms with Crippen LogP contribution in [0.5, 0.6) is 0 Å². The fraction of sp³-hybridized carbons (Fsp3) is 0.844. The molecular weight excluding hydrogens is 777 g/mol. The highest BCUT2D eigenvalue weighted by Crippen LogP contribution is 2.47. The third kappa shape index (κ3) is 27.2. The number of aliphatic hydroxyl groups is 7. The van der Waals surface area contributed by atoms with Crippen molar-refractivity contribution in [3.8, 4) is 0 Å². The second-order valence-electron chi connectivity index (χ2n) is 16.4. The van der Waals surface area contributed by atoms with Crippen LogP contribution in [0, 0.1) is 0 Å². The standard InChI is InChI=1S/C45H84NO12P/c1-3-5-7-9-11-13-15-17-18-19-21-22-24-26-28-30-32-36(47)34-39(49)46-37(38(48)33-31-29-27-25-23-20-16-14-12-10-8-6-4-2)35-57-59(55,56)58-45-43(53)41(51)40(50)42(52)44(45)54/h12,14,23,25,31,33,36-38,40-45,47-48,50-54H,3-11,13,15-22,24,26-30,32,34-35H2,1-2H3,(H,46,49)(H,55,56)/b14-12+,25-23+,33-31+. The lowest BCUT2D eigenvalue weighted by Crippen LogP contribution is -2.64. The molecule has 0 radical (unpaired) electrons. The fourth-order valence-corrected chi connectivity index (χ4v) is 8.12. The third-order valence-corrected chi connectivity index (χ3v) is 11.9. The van der Waals surface area contributed by atoms with Crippen LogP contribution >= 0.6 is 7.82 Å². The van der Waals surface area contributed by atoms with Gasteiger partial charge in [0.15, 0.2) is 0 Å². The minimum absolute atomic E-state index is 0.254. The summed E-state index contributed by atoms with van der Waals surface area (Å²) >= 11 is 0. The summed E-state index contributed by atoms with van der Waals surface area (Å²) in [5.74, 6) is -0.607. The lowest BCUT2D eigenvalue weighted by Gasteiger charge is -2.41. The fourth-order valence-electron chi connectivity index (χ4n) is 7.15. The highest BCUT2D eigenvalue weighted by molar-refractivity contribution is 7.47. The van der Waals surface area contributed by atoms with E-state index in [2.05, 4.69) is 37.4 Å². The topological polar surface area (TPSA) is 226 Å². The molecule has 13 nitrogen and oxygen atoms in total. The Morgan fingerprint density at radius 3 is 1.49 bits per heavy atom. The van der Waals surface area contributed by atoms with Crippen LogP contribution in [-0.4, -0.2) is 108 Å². The van der Waals surface area contributed by atoms with Crippen molar-refractivity contribution >= 4 is 13.7 Å². The molecule has 0 aromatic heterocycles. The Labute approximate surface area is 356 Å². The molecule has 8 unspecified atom stereocenters. The van der Waals surface area contributed by atoms with Crippen molar-refractivity contribution < 1.29 is 59.0 Å². The highest BCUT2D eigenvalue weighted by Gasteiger charge is 2.51. The molecule has 0 heterocycles. The first-order chi connectivity index (χ1) is 28.3. The predicted octanol–water partition coefficient (Wildman–Crippen LogP) is 7.36. The first-order valence-electron chi connectivity index (χ1n) is 23.0. The van der Waals surface area contributed by atoms with Crippen LogP contribution in [0.15, 0.2) is 36.5 Å². The molecule has 9 N–H and O–H groups in total. The van der Waals surface area contributed by atoms with E-state index >= 15 is 0 Å². The van der Waals surface area contributed by atoms with Crippen molar-refractivity contribution in [2.45, 2.75) is 236 Å². The van der Waals surface area contributed by atoms with Gasteiger partial charge in [0.05, 0.1) is 31.3 Å². The summed E-state index contributed by atoms with van der Waals surface area (Å²) in [4.78, 5) is 23.4. The Hall–Kier alpha value is -1.48. The molecule has 1 saturated carbocycles. The highest BCUT2D eigenvalue weighted by atomic mass is 31.2. The van der Waals surface area contributed by atoms with E-state index < -0.39 is 75.2 Å². The number of allylic oxidation sites excluding steroid dienone is 5. The van der Waals surface area contributed by atoms with E-state index in [0.717, 1.165) is 44.9 Å². The zero-order chi connectivity index (χ0) is 43.7. The van der Waals surface area contributed by atoms with Gasteiger partial charge >= 0.3 is 7.82 Å². The number of phosphoric ester groups is 1. The largest absolute Gasteiger partial charge is 0.472 e. The number of amides is 1. The Morgan fingerprint density at radius 2 is 1.00 bits per heavy atom. The maximum Gasteiger partial charge on any atom is 0.472 e.